The zero-order valence-corrected chi connectivity index (χ0v) is 26.9. The Balaban J connectivity index is 1.56. The summed E-state index contributed by atoms with van der Waals surface area (Å²) in [7, 11) is 7.96. The van der Waals surface area contributed by atoms with Crippen molar-refractivity contribution in [2.75, 3.05) is 42.9 Å². The normalized spacial score (nSPS) is 10.5. The van der Waals surface area contributed by atoms with Crippen molar-refractivity contribution in [2.24, 2.45) is 0 Å². The fourth-order valence-corrected chi connectivity index (χ4v) is 5.72. The molecule has 0 atom stereocenters. The van der Waals surface area contributed by atoms with Crippen molar-refractivity contribution < 1.29 is 0 Å². The van der Waals surface area contributed by atoms with E-state index in [1.165, 1.54) is 0 Å². The van der Waals surface area contributed by atoms with E-state index in [0.29, 0.717) is 28.1 Å². The lowest BCUT2D eigenvalue weighted by atomic mass is 9.89. The van der Waals surface area contributed by atoms with Gasteiger partial charge in [-0.25, -0.2) is 4.98 Å². The van der Waals surface area contributed by atoms with Crippen LogP contribution < -0.4 is 14.7 Å². The Morgan fingerprint density at radius 1 is 0.426 bits per heavy atom. The summed E-state index contributed by atoms with van der Waals surface area (Å²) in [5.74, 6) is 0. The second kappa shape index (κ2) is 13.3. The molecule has 0 amide bonds. The van der Waals surface area contributed by atoms with Crippen LogP contribution in [0.4, 0.5) is 28.4 Å². The molecule has 1 aromatic heterocycles. The topological polar surface area (TPSA) is 70.2 Å². The number of rotatable bonds is 8. The minimum Gasteiger partial charge on any atom is -0.378 e. The van der Waals surface area contributed by atoms with E-state index in [1.54, 1.807) is 0 Å². The van der Waals surface area contributed by atoms with Crippen molar-refractivity contribution >= 4 is 28.4 Å². The maximum atomic E-state index is 10.7. The quantitative estimate of drug-likeness (QED) is 0.171. The molecule has 0 bridgehead atoms. The van der Waals surface area contributed by atoms with Gasteiger partial charge >= 0.3 is 0 Å². The number of para-hydroxylation sites is 2. The summed E-state index contributed by atoms with van der Waals surface area (Å²) in [4.78, 5) is 11.3. The van der Waals surface area contributed by atoms with Gasteiger partial charge in [-0.05, 0) is 66.2 Å². The van der Waals surface area contributed by atoms with Gasteiger partial charge in [-0.3, -0.25) is 0 Å². The van der Waals surface area contributed by atoms with Crippen molar-refractivity contribution in [1.29, 1.82) is 10.5 Å². The molecular formula is C41H34N6. The first-order valence-electron chi connectivity index (χ1n) is 15.3. The molecular weight excluding hydrogens is 576 g/mol. The van der Waals surface area contributed by atoms with E-state index >= 15 is 0 Å². The van der Waals surface area contributed by atoms with Crippen LogP contribution in [0.3, 0.4) is 0 Å². The van der Waals surface area contributed by atoms with Gasteiger partial charge in [0.1, 0.15) is 12.1 Å². The largest absolute Gasteiger partial charge is 0.378 e. The molecule has 0 N–H and O–H groups in total. The van der Waals surface area contributed by atoms with Crippen LogP contribution in [0.2, 0.25) is 0 Å². The average molecular weight is 611 g/mol. The van der Waals surface area contributed by atoms with Gasteiger partial charge in [0.15, 0.2) is 0 Å². The van der Waals surface area contributed by atoms with Gasteiger partial charge in [-0.15, -0.1) is 0 Å². The Morgan fingerprint density at radius 3 is 1.13 bits per heavy atom. The van der Waals surface area contributed by atoms with Crippen molar-refractivity contribution in [2.45, 2.75) is 0 Å². The summed E-state index contributed by atoms with van der Waals surface area (Å²) in [6, 6.07) is 49.3. The SMILES string of the molecule is CN(C)c1ccc(-c2nc(-c3ccc(N(C)C)cc3)c(C#N)c(-c3ccc(N(c4ccccc4)c4ccccc4)cc3)c2C#N)cc1. The lowest BCUT2D eigenvalue weighted by Gasteiger charge is -2.25. The van der Waals surface area contributed by atoms with Crippen LogP contribution >= 0.6 is 0 Å². The Bertz CT molecular complexity index is 1940. The first-order chi connectivity index (χ1) is 22.9. The maximum Gasteiger partial charge on any atom is 0.102 e. The number of anilines is 5. The van der Waals surface area contributed by atoms with Crippen LogP contribution in [0.25, 0.3) is 33.6 Å². The summed E-state index contributed by atoms with van der Waals surface area (Å²) in [5.41, 5.74) is 9.84. The van der Waals surface area contributed by atoms with Crippen LogP contribution in [0.1, 0.15) is 11.1 Å². The maximum absolute atomic E-state index is 10.7. The highest BCUT2D eigenvalue weighted by atomic mass is 15.1. The molecule has 0 radical (unpaired) electrons. The highest BCUT2D eigenvalue weighted by Crippen LogP contribution is 2.41. The minimum absolute atomic E-state index is 0.364. The predicted molar refractivity (Wildman–Crippen MR) is 193 cm³/mol. The van der Waals surface area contributed by atoms with Crippen LogP contribution in [0.15, 0.2) is 133 Å². The van der Waals surface area contributed by atoms with Crippen molar-refractivity contribution in [1.82, 2.24) is 4.98 Å². The zero-order chi connectivity index (χ0) is 32.9. The van der Waals surface area contributed by atoms with Crippen LogP contribution in [0.5, 0.6) is 0 Å². The highest BCUT2D eigenvalue weighted by molar-refractivity contribution is 5.90. The molecule has 0 spiro atoms. The fraction of sp³-hybridized carbons (Fsp3) is 0.0976. The third-order valence-corrected chi connectivity index (χ3v) is 8.18. The average Bonchev–Trinajstić information content (AvgIpc) is 3.12. The summed E-state index contributed by atoms with van der Waals surface area (Å²) in [6.45, 7) is 0. The molecule has 0 unspecified atom stereocenters. The van der Waals surface area contributed by atoms with Gasteiger partial charge < -0.3 is 14.7 Å². The smallest absolute Gasteiger partial charge is 0.102 e. The number of hydrogen-bond donors (Lipinski definition) is 0. The van der Waals surface area contributed by atoms with E-state index in [1.807, 2.05) is 147 Å². The Kier molecular flexibility index (Phi) is 8.69. The van der Waals surface area contributed by atoms with E-state index in [2.05, 4.69) is 41.3 Å². The third kappa shape index (κ3) is 6.14. The van der Waals surface area contributed by atoms with E-state index in [9.17, 15) is 10.5 Å². The number of nitriles is 2. The Hall–Kier alpha value is -6.37. The van der Waals surface area contributed by atoms with Gasteiger partial charge in [0, 0.05) is 73.3 Å². The summed E-state index contributed by atoms with van der Waals surface area (Å²) < 4.78 is 0. The van der Waals surface area contributed by atoms with E-state index in [0.717, 1.165) is 45.1 Å². The number of nitrogens with zero attached hydrogens (tertiary/aromatic N) is 6. The third-order valence-electron chi connectivity index (χ3n) is 8.18. The lowest BCUT2D eigenvalue weighted by Crippen LogP contribution is -2.09. The molecule has 0 aliphatic rings. The van der Waals surface area contributed by atoms with Gasteiger partial charge in [-0.2, -0.15) is 10.5 Å². The van der Waals surface area contributed by atoms with Crippen molar-refractivity contribution in [3.63, 3.8) is 0 Å². The number of pyridine rings is 1. The predicted octanol–water partition coefficient (Wildman–Crippen LogP) is 9.43. The molecule has 0 saturated heterocycles. The molecule has 0 fully saturated rings. The number of benzene rings is 5. The number of aromatic nitrogens is 1. The Labute approximate surface area is 276 Å². The molecule has 5 aromatic carbocycles. The molecule has 1 heterocycles. The van der Waals surface area contributed by atoms with E-state index in [4.69, 9.17) is 4.98 Å². The second-order valence-corrected chi connectivity index (χ2v) is 11.6. The molecule has 228 valence electrons. The molecule has 0 saturated carbocycles. The fourth-order valence-electron chi connectivity index (χ4n) is 5.72. The summed E-state index contributed by atoms with van der Waals surface area (Å²) >= 11 is 0. The van der Waals surface area contributed by atoms with Crippen molar-refractivity contribution in [3.8, 4) is 45.8 Å². The highest BCUT2D eigenvalue weighted by Gasteiger charge is 2.24. The Morgan fingerprint density at radius 2 is 0.766 bits per heavy atom. The first-order valence-corrected chi connectivity index (χ1v) is 15.3. The minimum atomic E-state index is 0.364. The van der Waals surface area contributed by atoms with Crippen LogP contribution in [-0.4, -0.2) is 33.2 Å². The number of hydrogen-bond acceptors (Lipinski definition) is 6. The first kappa shape index (κ1) is 30.6. The van der Waals surface area contributed by atoms with E-state index in [-0.39, 0.29) is 0 Å². The lowest BCUT2D eigenvalue weighted by molar-refractivity contribution is 1.13. The second-order valence-electron chi connectivity index (χ2n) is 11.6. The van der Waals surface area contributed by atoms with Crippen LogP contribution in [-0.2, 0) is 0 Å². The van der Waals surface area contributed by atoms with Gasteiger partial charge in [-0.1, -0.05) is 72.8 Å². The standard InChI is InChI=1S/C41H34N6/c1-45(2)32-21-17-30(18-22-32)40-37(27-42)39(38(28-43)41(44-40)31-19-23-33(24-20-31)46(3)4)29-15-25-36(26-16-29)47(34-11-7-5-8-12-34)35-13-9-6-10-14-35/h5-26H,1-4H3. The molecule has 6 nitrogen and oxygen atoms in total. The molecule has 0 aliphatic carbocycles. The zero-order valence-electron chi connectivity index (χ0n) is 26.9. The van der Waals surface area contributed by atoms with Gasteiger partial charge in [0.05, 0.1) is 22.5 Å². The van der Waals surface area contributed by atoms with Crippen molar-refractivity contribution in [3.05, 3.63) is 145 Å². The molecule has 0 aliphatic heterocycles. The summed E-state index contributed by atoms with van der Waals surface area (Å²) in [6.07, 6.45) is 0. The molecule has 47 heavy (non-hydrogen) atoms. The van der Waals surface area contributed by atoms with E-state index < -0.39 is 0 Å². The van der Waals surface area contributed by atoms with Gasteiger partial charge in [0.2, 0.25) is 0 Å². The molecule has 6 aromatic rings. The molecule has 6 rings (SSSR count). The monoisotopic (exact) mass is 610 g/mol. The van der Waals surface area contributed by atoms with Gasteiger partial charge in [0.25, 0.3) is 0 Å². The van der Waals surface area contributed by atoms with Crippen LogP contribution in [0, 0.1) is 22.7 Å². The molecule has 6 heteroatoms. The summed E-state index contributed by atoms with van der Waals surface area (Å²) in [5, 5.41) is 21.3.